The van der Waals surface area contributed by atoms with Gasteiger partial charge in [0.05, 0.1) is 6.04 Å². The molecule has 0 saturated carbocycles. The molecule has 0 aromatic heterocycles. The number of rotatable bonds is 6. The molecule has 1 rings (SSSR count). The molecule has 3 N–H and O–H groups in total. The van der Waals surface area contributed by atoms with E-state index >= 15 is 0 Å². The van der Waals surface area contributed by atoms with Crippen molar-refractivity contribution < 1.29 is 4.79 Å². The maximum absolute atomic E-state index is 11.8. The second-order valence-corrected chi connectivity index (χ2v) is 5.45. The molecule has 0 bridgehead atoms. The SMILES string of the molecule is CC(C)CCCCNC(=O)C1CNC(C)CN1. The lowest BCUT2D eigenvalue weighted by Gasteiger charge is -2.28. The first-order valence-corrected chi connectivity index (χ1v) is 6.84. The molecular formula is C13H27N3O. The van der Waals surface area contributed by atoms with Crippen molar-refractivity contribution in [1.29, 1.82) is 0 Å². The molecule has 2 unspecified atom stereocenters. The average Bonchev–Trinajstić information content (AvgIpc) is 2.29. The number of hydrogen-bond donors (Lipinski definition) is 3. The number of amides is 1. The van der Waals surface area contributed by atoms with Crippen molar-refractivity contribution in [2.24, 2.45) is 5.92 Å². The third-order valence-electron chi connectivity index (χ3n) is 3.16. The van der Waals surface area contributed by atoms with E-state index in [4.69, 9.17) is 0 Å². The number of carbonyl (C=O) groups is 1. The molecule has 0 aliphatic carbocycles. The van der Waals surface area contributed by atoms with Gasteiger partial charge in [0.2, 0.25) is 5.91 Å². The van der Waals surface area contributed by atoms with Crippen LogP contribution in [0.15, 0.2) is 0 Å². The monoisotopic (exact) mass is 241 g/mol. The van der Waals surface area contributed by atoms with Crippen molar-refractivity contribution in [3.8, 4) is 0 Å². The van der Waals surface area contributed by atoms with Crippen molar-refractivity contribution in [3.63, 3.8) is 0 Å². The van der Waals surface area contributed by atoms with Crippen LogP contribution in [0.2, 0.25) is 0 Å². The van der Waals surface area contributed by atoms with E-state index in [1.165, 1.54) is 12.8 Å². The lowest BCUT2D eigenvalue weighted by atomic mass is 10.1. The van der Waals surface area contributed by atoms with Gasteiger partial charge in [0.1, 0.15) is 0 Å². The number of unbranched alkanes of at least 4 members (excludes halogenated alkanes) is 1. The molecule has 1 fully saturated rings. The summed E-state index contributed by atoms with van der Waals surface area (Å²) in [6.07, 6.45) is 3.53. The number of hydrogen-bond acceptors (Lipinski definition) is 3. The molecule has 1 amide bonds. The minimum Gasteiger partial charge on any atom is -0.355 e. The lowest BCUT2D eigenvalue weighted by molar-refractivity contribution is -0.123. The number of nitrogens with one attached hydrogen (secondary N) is 3. The highest BCUT2D eigenvalue weighted by atomic mass is 16.2. The minimum atomic E-state index is -0.0590. The second-order valence-electron chi connectivity index (χ2n) is 5.45. The summed E-state index contributed by atoms with van der Waals surface area (Å²) >= 11 is 0. The van der Waals surface area contributed by atoms with Gasteiger partial charge in [0, 0.05) is 25.7 Å². The summed E-state index contributed by atoms with van der Waals surface area (Å²) in [4.78, 5) is 11.8. The largest absolute Gasteiger partial charge is 0.355 e. The third-order valence-corrected chi connectivity index (χ3v) is 3.16. The van der Waals surface area contributed by atoms with Crippen LogP contribution in [0.25, 0.3) is 0 Å². The first-order chi connectivity index (χ1) is 8.09. The molecule has 100 valence electrons. The third kappa shape index (κ3) is 6.03. The van der Waals surface area contributed by atoms with Gasteiger partial charge >= 0.3 is 0 Å². The van der Waals surface area contributed by atoms with Crippen LogP contribution in [-0.2, 0) is 4.79 Å². The summed E-state index contributed by atoms with van der Waals surface area (Å²) < 4.78 is 0. The fourth-order valence-electron chi connectivity index (χ4n) is 1.98. The molecule has 0 aromatic carbocycles. The molecule has 17 heavy (non-hydrogen) atoms. The Bertz CT molecular complexity index is 223. The first kappa shape index (κ1) is 14.5. The molecular weight excluding hydrogens is 214 g/mol. The van der Waals surface area contributed by atoms with Crippen molar-refractivity contribution in [2.75, 3.05) is 19.6 Å². The van der Waals surface area contributed by atoms with E-state index in [9.17, 15) is 4.79 Å². The van der Waals surface area contributed by atoms with Gasteiger partial charge in [0.25, 0.3) is 0 Å². The Labute approximate surface area is 105 Å². The summed E-state index contributed by atoms with van der Waals surface area (Å²) in [5.74, 6) is 0.894. The van der Waals surface area contributed by atoms with Gasteiger partial charge in [-0.3, -0.25) is 4.79 Å². The van der Waals surface area contributed by atoms with Crippen LogP contribution in [0.5, 0.6) is 0 Å². The summed E-state index contributed by atoms with van der Waals surface area (Å²) in [6, 6.07) is 0.404. The van der Waals surface area contributed by atoms with Gasteiger partial charge in [-0.25, -0.2) is 0 Å². The van der Waals surface area contributed by atoms with Crippen LogP contribution in [0.3, 0.4) is 0 Å². The van der Waals surface area contributed by atoms with E-state index in [0.29, 0.717) is 6.04 Å². The molecule has 0 radical (unpaired) electrons. The molecule has 0 spiro atoms. The maximum Gasteiger partial charge on any atom is 0.238 e. The van der Waals surface area contributed by atoms with Crippen LogP contribution in [0.1, 0.15) is 40.0 Å². The van der Waals surface area contributed by atoms with Gasteiger partial charge in [0.15, 0.2) is 0 Å². The minimum absolute atomic E-state index is 0.0590. The van der Waals surface area contributed by atoms with Crippen LogP contribution < -0.4 is 16.0 Å². The van der Waals surface area contributed by atoms with Crippen molar-refractivity contribution in [2.45, 2.75) is 52.1 Å². The zero-order chi connectivity index (χ0) is 12.7. The Morgan fingerprint density at radius 2 is 2.06 bits per heavy atom. The predicted molar refractivity (Wildman–Crippen MR) is 71.0 cm³/mol. The molecule has 2 atom stereocenters. The van der Waals surface area contributed by atoms with E-state index in [2.05, 4.69) is 36.7 Å². The Morgan fingerprint density at radius 1 is 1.29 bits per heavy atom. The molecule has 0 aromatic rings. The molecule has 1 saturated heterocycles. The average molecular weight is 241 g/mol. The Balaban J connectivity index is 2.05. The Hall–Kier alpha value is -0.610. The van der Waals surface area contributed by atoms with Crippen molar-refractivity contribution in [1.82, 2.24) is 16.0 Å². The normalized spacial score (nSPS) is 24.9. The maximum atomic E-state index is 11.8. The highest BCUT2D eigenvalue weighted by Gasteiger charge is 2.22. The number of piperazine rings is 1. The van der Waals surface area contributed by atoms with Gasteiger partial charge in [-0.05, 0) is 19.3 Å². The summed E-state index contributed by atoms with van der Waals surface area (Å²) in [7, 11) is 0. The lowest BCUT2D eigenvalue weighted by Crippen LogP contribution is -2.58. The fraction of sp³-hybridized carbons (Fsp3) is 0.923. The number of carbonyl (C=O) groups excluding carboxylic acids is 1. The van der Waals surface area contributed by atoms with Crippen molar-refractivity contribution in [3.05, 3.63) is 0 Å². The van der Waals surface area contributed by atoms with Crippen LogP contribution >= 0.6 is 0 Å². The highest BCUT2D eigenvalue weighted by molar-refractivity contribution is 5.82. The van der Waals surface area contributed by atoms with Crippen molar-refractivity contribution >= 4 is 5.91 Å². The molecule has 4 heteroatoms. The van der Waals surface area contributed by atoms with E-state index in [1.54, 1.807) is 0 Å². The fourth-order valence-corrected chi connectivity index (χ4v) is 1.98. The zero-order valence-corrected chi connectivity index (χ0v) is 11.4. The van der Waals surface area contributed by atoms with E-state index in [1.807, 2.05) is 0 Å². The van der Waals surface area contributed by atoms with Gasteiger partial charge in [-0.2, -0.15) is 0 Å². The Kier molecular flexibility index (Phi) is 6.52. The summed E-state index contributed by atoms with van der Waals surface area (Å²) in [5, 5.41) is 9.56. The van der Waals surface area contributed by atoms with E-state index in [-0.39, 0.29) is 11.9 Å². The topological polar surface area (TPSA) is 53.2 Å². The molecule has 4 nitrogen and oxygen atoms in total. The first-order valence-electron chi connectivity index (χ1n) is 6.84. The predicted octanol–water partition coefficient (Wildman–Crippen LogP) is 0.879. The zero-order valence-electron chi connectivity index (χ0n) is 11.4. The smallest absolute Gasteiger partial charge is 0.238 e. The second kappa shape index (κ2) is 7.67. The molecule has 1 aliphatic rings. The highest BCUT2D eigenvalue weighted by Crippen LogP contribution is 2.05. The molecule has 1 aliphatic heterocycles. The van der Waals surface area contributed by atoms with Gasteiger partial charge in [-0.1, -0.05) is 26.7 Å². The standard InChI is InChI=1S/C13H27N3O/c1-10(2)6-4-5-7-14-13(17)12-9-15-11(3)8-16-12/h10-12,15-16H,4-9H2,1-3H3,(H,14,17). The summed E-state index contributed by atoms with van der Waals surface area (Å²) in [5.41, 5.74) is 0. The van der Waals surface area contributed by atoms with Gasteiger partial charge in [-0.15, -0.1) is 0 Å². The van der Waals surface area contributed by atoms with Crippen LogP contribution in [0, 0.1) is 5.92 Å². The van der Waals surface area contributed by atoms with Gasteiger partial charge < -0.3 is 16.0 Å². The van der Waals surface area contributed by atoms with Crippen LogP contribution in [0.4, 0.5) is 0 Å². The molecule has 1 heterocycles. The van der Waals surface area contributed by atoms with E-state index < -0.39 is 0 Å². The van der Waals surface area contributed by atoms with Crippen LogP contribution in [-0.4, -0.2) is 37.6 Å². The quantitative estimate of drug-likeness (QED) is 0.605. The Morgan fingerprint density at radius 3 is 2.65 bits per heavy atom. The summed E-state index contributed by atoms with van der Waals surface area (Å²) in [6.45, 7) is 8.99. The van der Waals surface area contributed by atoms with E-state index in [0.717, 1.165) is 32.0 Å².